The van der Waals surface area contributed by atoms with E-state index in [4.69, 9.17) is 4.74 Å². The Bertz CT molecular complexity index is 1400. The van der Waals surface area contributed by atoms with Gasteiger partial charge in [0.15, 0.2) is 11.6 Å². The molecule has 0 unspecified atom stereocenters. The molecule has 1 aromatic heterocycles. The van der Waals surface area contributed by atoms with Crippen molar-refractivity contribution in [1.82, 2.24) is 9.88 Å². The molecule has 1 N–H and O–H groups in total. The molecule has 0 saturated carbocycles. The molecular weight excluding hydrogens is 518 g/mol. The van der Waals surface area contributed by atoms with E-state index >= 15 is 0 Å². The molecule has 0 bridgehead atoms. The third-order valence-corrected chi connectivity index (χ3v) is 6.85. The van der Waals surface area contributed by atoms with Gasteiger partial charge >= 0.3 is 5.97 Å². The first-order valence-electron chi connectivity index (χ1n) is 11.1. The largest absolute Gasteiger partial charge is 0.489 e. The van der Waals surface area contributed by atoms with Crippen LogP contribution in [-0.4, -0.2) is 39.7 Å². The Hall–Kier alpha value is -3.76. The average molecular weight is 541 g/mol. The Labute approximate surface area is 220 Å². The highest BCUT2D eigenvalue weighted by molar-refractivity contribution is 7.98. The summed E-state index contributed by atoms with van der Waals surface area (Å²) in [5.74, 6) is -2.76. The van der Waals surface area contributed by atoms with Crippen molar-refractivity contribution >= 4 is 35.0 Å². The fourth-order valence-electron chi connectivity index (χ4n) is 3.67. The van der Waals surface area contributed by atoms with Crippen molar-refractivity contribution in [2.45, 2.75) is 18.0 Å². The fraction of sp³-hybridized carbons (Fsp3) is 0.148. The first-order chi connectivity index (χ1) is 17.8. The van der Waals surface area contributed by atoms with Gasteiger partial charge in [-0.2, -0.15) is 0 Å². The second kappa shape index (κ2) is 12.0. The number of carboxylic acids is 1. The molecule has 0 aliphatic rings. The van der Waals surface area contributed by atoms with Gasteiger partial charge in [-0.15, -0.1) is 23.1 Å². The van der Waals surface area contributed by atoms with Crippen molar-refractivity contribution in [2.24, 2.45) is 0 Å². The first-order valence-corrected chi connectivity index (χ1v) is 13.2. The number of rotatable bonds is 10. The van der Waals surface area contributed by atoms with Crippen molar-refractivity contribution in [2.75, 3.05) is 12.8 Å². The van der Waals surface area contributed by atoms with E-state index in [-0.39, 0.29) is 13.2 Å². The fourth-order valence-corrected chi connectivity index (χ4v) is 4.84. The predicted molar refractivity (Wildman–Crippen MR) is 139 cm³/mol. The molecule has 0 aliphatic carbocycles. The van der Waals surface area contributed by atoms with Crippen LogP contribution in [0.2, 0.25) is 0 Å². The summed E-state index contributed by atoms with van der Waals surface area (Å²) < 4.78 is 33.2. The number of ether oxygens (including phenoxy) is 1. The average Bonchev–Trinajstić information content (AvgIpc) is 3.41. The van der Waals surface area contributed by atoms with Crippen LogP contribution in [0.1, 0.15) is 21.6 Å². The molecule has 0 fully saturated rings. The summed E-state index contributed by atoms with van der Waals surface area (Å²) in [6, 6.07) is 16.2. The minimum absolute atomic E-state index is 0.0952. The normalized spacial score (nSPS) is 10.8. The first kappa shape index (κ1) is 26.3. The summed E-state index contributed by atoms with van der Waals surface area (Å²) in [6.45, 7) is -0.176. The number of amides is 1. The number of hydrogen-bond donors (Lipinski definition) is 1. The van der Waals surface area contributed by atoms with Crippen LogP contribution >= 0.6 is 23.1 Å². The van der Waals surface area contributed by atoms with Crippen molar-refractivity contribution in [3.8, 4) is 16.9 Å². The number of nitrogens with zero attached hydrogens (tertiary/aromatic N) is 2. The van der Waals surface area contributed by atoms with Gasteiger partial charge in [-0.25, -0.2) is 13.8 Å². The van der Waals surface area contributed by atoms with Crippen LogP contribution in [0.4, 0.5) is 8.78 Å². The lowest BCUT2D eigenvalue weighted by atomic mass is 10.1. The second-order valence-corrected chi connectivity index (χ2v) is 9.58. The highest BCUT2D eigenvalue weighted by atomic mass is 32.2. The molecule has 0 radical (unpaired) electrons. The van der Waals surface area contributed by atoms with Crippen LogP contribution in [0.3, 0.4) is 0 Å². The van der Waals surface area contributed by atoms with E-state index in [1.165, 1.54) is 40.1 Å². The number of halogens is 2. The number of hydrogen-bond acceptors (Lipinski definition) is 6. The third kappa shape index (κ3) is 6.72. The Morgan fingerprint density at radius 3 is 2.51 bits per heavy atom. The topological polar surface area (TPSA) is 79.7 Å². The second-order valence-electron chi connectivity index (χ2n) is 8.01. The van der Waals surface area contributed by atoms with Gasteiger partial charge in [-0.05, 0) is 59.3 Å². The van der Waals surface area contributed by atoms with E-state index in [9.17, 15) is 23.5 Å². The summed E-state index contributed by atoms with van der Waals surface area (Å²) in [6.07, 6.45) is 1.80. The zero-order valence-electron chi connectivity index (χ0n) is 19.7. The quantitative estimate of drug-likeness (QED) is 0.244. The molecule has 6 nitrogen and oxygen atoms in total. The molecule has 4 aromatic rings. The SMILES string of the molecule is CSc1cc(F)c(F)cc1-c1ccc(OCc2cccc(C(=O)N(CC(=O)O)Cc3cscn3)c2)cc1. The Morgan fingerprint density at radius 1 is 1.08 bits per heavy atom. The maximum absolute atomic E-state index is 13.8. The molecule has 1 amide bonds. The van der Waals surface area contributed by atoms with Crippen molar-refractivity contribution < 1.29 is 28.2 Å². The number of carbonyl (C=O) groups is 2. The van der Waals surface area contributed by atoms with Gasteiger partial charge in [0, 0.05) is 15.8 Å². The highest BCUT2D eigenvalue weighted by Crippen LogP contribution is 2.33. The van der Waals surface area contributed by atoms with Gasteiger partial charge in [0.25, 0.3) is 5.91 Å². The lowest BCUT2D eigenvalue weighted by Crippen LogP contribution is -2.35. The summed E-state index contributed by atoms with van der Waals surface area (Å²) in [5, 5.41) is 11.0. The maximum atomic E-state index is 13.8. The number of benzene rings is 3. The lowest BCUT2D eigenvalue weighted by Gasteiger charge is -2.20. The molecule has 3 aromatic carbocycles. The van der Waals surface area contributed by atoms with Crippen LogP contribution in [0.15, 0.2) is 76.4 Å². The number of thiazole rings is 1. The van der Waals surface area contributed by atoms with Gasteiger partial charge in [-0.3, -0.25) is 9.59 Å². The van der Waals surface area contributed by atoms with Crippen molar-refractivity contribution in [3.63, 3.8) is 0 Å². The summed E-state index contributed by atoms with van der Waals surface area (Å²) in [4.78, 5) is 30.4. The lowest BCUT2D eigenvalue weighted by molar-refractivity contribution is -0.137. The van der Waals surface area contributed by atoms with Gasteiger partial charge < -0.3 is 14.7 Å². The molecule has 4 rings (SSSR count). The molecular formula is C27H22F2N2O4S2. The number of thioether (sulfide) groups is 1. The van der Waals surface area contributed by atoms with E-state index in [0.29, 0.717) is 27.5 Å². The Balaban J connectivity index is 1.45. The Morgan fingerprint density at radius 2 is 1.84 bits per heavy atom. The predicted octanol–water partition coefficient (Wildman–Crippen LogP) is 6.12. The zero-order chi connectivity index (χ0) is 26.4. The van der Waals surface area contributed by atoms with Crippen LogP contribution in [-0.2, 0) is 17.9 Å². The maximum Gasteiger partial charge on any atom is 0.323 e. The minimum atomic E-state index is -1.11. The van der Waals surface area contributed by atoms with Crippen molar-refractivity contribution in [3.05, 3.63) is 100 Å². The molecule has 1 heterocycles. The summed E-state index contributed by atoms with van der Waals surface area (Å²) >= 11 is 2.70. The van der Waals surface area contributed by atoms with E-state index < -0.39 is 30.1 Å². The molecule has 37 heavy (non-hydrogen) atoms. The van der Waals surface area contributed by atoms with E-state index in [1.54, 1.807) is 65.7 Å². The van der Waals surface area contributed by atoms with Gasteiger partial charge in [-0.1, -0.05) is 24.3 Å². The molecule has 0 spiro atoms. The molecule has 190 valence electrons. The van der Waals surface area contributed by atoms with Gasteiger partial charge in [0.2, 0.25) is 0 Å². The van der Waals surface area contributed by atoms with Gasteiger partial charge in [0.1, 0.15) is 18.9 Å². The minimum Gasteiger partial charge on any atom is -0.489 e. The summed E-state index contributed by atoms with van der Waals surface area (Å²) in [5.41, 5.74) is 4.63. The van der Waals surface area contributed by atoms with Crippen molar-refractivity contribution in [1.29, 1.82) is 0 Å². The van der Waals surface area contributed by atoms with E-state index in [0.717, 1.165) is 11.1 Å². The molecule has 0 saturated heterocycles. The standard InChI is InChI=1S/C27H22F2N2O4S2/c1-36-25-11-24(29)23(28)10-22(25)18-5-7-21(8-6-18)35-14-17-3-2-4-19(9-17)27(34)31(13-26(32)33)12-20-15-37-16-30-20/h2-11,15-16H,12-14H2,1H3,(H,32,33). The molecule has 0 aliphatic heterocycles. The molecule has 0 atom stereocenters. The molecule has 10 heteroatoms. The highest BCUT2D eigenvalue weighted by Gasteiger charge is 2.20. The number of carbonyl (C=O) groups excluding carboxylic acids is 1. The number of aromatic nitrogens is 1. The van der Waals surface area contributed by atoms with Gasteiger partial charge in [0.05, 0.1) is 17.7 Å². The van der Waals surface area contributed by atoms with E-state index in [1.807, 2.05) is 0 Å². The van der Waals surface area contributed by atoms with Crippen LogP contribution < -0.4 is 4.74 Å². The third-order valence-electron chi connectivity index (χ3n) is 5.44. The van der Waals surface area contributed by atoms with Crippen LogP contribution in [0.5, 0.6) is 5.75 Å². The monoisotopic (exact) mass is 540 g/mol. The van der Waals surface area contributed by atoms with E-state index in [2.05, 4.69) is 4.98 Å². The smallest absolute Gasteiger partial charge is 0.323 e. The zero-order valence-corrected chi connectivity index (χ0v) is 21.3. The number of aliphatic carboxylic acids is 1. The summed E-state index contributed by atoms with van der Waals surface area (Å²) in [7, 11) is 0. The number of carboxylic acid groups (broad SMARTS) is 1. The van der Waals surface area contributed by atoms with Crippen LogP contribution in [0, 0.1) is 11.6 Å². The van der Waals surface area contributed by atoms with Crippen LogP contribution in [0.25, 0.3) is 11.1 Å². The Kier molecular flexibility index (Phi) is 8.52.